The molecule has 0 saturated carbocycles. The number of amides is 1. The zero-order chi connectivity index (χ0) is 14.4. The maximum atomic E-state index is 11.7. The summed E-state index contributed by atoms with van der Waals surface area (Å²) in [6, 6.07) is 1.33. The number of carbonyl (C=O) groups is 2. The molecule has 6 heteroatoms. The van der Waals surface area contributed by atoms with Crippen molar-refractivity contribution in [2.45, 2.75) is 33.4 Å². The molecule has 0 spiro atoms. The fourth-order valence-electron chi connectivity index (χ4n) is 1.39. The average molecular weight is 284 g/mol. The Labute approximate surface area is 117 Å². The zero-order valence-electron chi connectivity index (χ0n) is 11.4. The van der Waals surface area contributed by atoms with Crippen LogP contribution in [-0.2, 0) is 11.3 Å². The number of hydrogen-bond donors (Lipinski definition) is 3. The molecule has 1 rings (SSSR count). The van der Waals surface area contributed by atoms with Gasteiger partial charge in [-0.1, -0.05) is 13.8 Å². The van der Waals surface area contributed by atoms with Gasteiger partial charge in [-0.2, -0.15) is 0 Å². The highest BCUT2D eigenvalue weighted by Crippen LogP contribution is 2.14. The maximum absolute atomic E-state index is 11.7. The Balaban J connectivity index is 2.38. The lowest BCUT2D eigenvalue weighted by atomic mass is 10.2. The van der Waals surface area contributed by atoms with Crippen molar-refractivity contribution in [2.75, 3.05) is 6.54 Å². The highest BCUT2D eigenvalue weighted by molar-refractivity contribution is 7.10. The van der Waals surface area contributed by atoms with Crippen LogP contribution in [0, 0.1) is 5.92 Å². The van der Waals surface area contributed by atoms with Gasteiger partial charge in [0.1, 0.15) is 0 Å². The van der Waals surface area contributed by atoms with Gasteiger partial charge in [0.25, 0.3) is 0 Å². The third-order valence-corrected chi connectivity index (χ3v) is 3.50. The standard InChI is InChI=1S/C13H20N2O3S/c1-8(2)5-15-12(16)9(3)14-6-11-4-10(7-19-11)13(17)18/h4,7-9,14H,5-6H2,1-3H3,(H,15,16)(H,17,18). The topological polar surface area (TPSA) is 78.4 Å². The van der Waals surface area contributed by atoms with Crippen molar-refractivity contribution in [3.05, 3.63) is 21.9 Å². The summed E-state index contributed by atoms with van der Waals surface area (Å²) < 4.78 is 0. The molecule has 3 N–H and O–H groups in total. The summed E-state index contributed by atoms with van der Waals surface area (Å²) in [5.41, 5.74) is 0.290. The van der Waals surface area contributed by atoms with Crippen molar-refractivity contribution < 1.29 is 14.7 Å². The van der Waals surface area contributed by atoms with E-state index in [1.165, 1.54) is 11.3 Å². The van der Waals surface area contributed by atoms with E-state index in [0.29, 0.717) is 24.6 Å². The van der Waals surface area contributed by atoms with Gasteiger partial charge in [0.05, 0.1) is 11.6 Å². The molecule has 1 aromatic rings. The van der Waals surface area contributed by atoms with E-state index in [1.807, 2.05) is 13.8 Å². The van der Waals surface area contributed by atoms with Gasteiger partial charge in [-0.05, 0) is 18.9 Å². The SMILES string of the molecule is CC(C)CNC(=O)C(C)NCc1cc(C(=O)O)cs1. The van der Waals surface area contributed by atoms with Crippen molar-refractivity contribution in [3.63, 3.8) is 0 Å². The fourth-order valence-corrected chi connectivity index (χ4v) is 2.20. The summed E-state index contributed by atoms with van der Waals surface area (Å²) in [4.78, 5) is 23.4. The van der Waals surface area contributed by atoms with Crippen LogP contribution in [0.4, 0.5) is 0 Å². The Hall–Kier alpha value is -1.40. The third kappa shape index (κ3) is 5.40. The van der Waals surface area contributed by atoms with Crippen molar-refractivity contribution in [3.8, 4) is 0 Å². The van der Waals surface area contributed by atoms with E-state index in [2.05, 4.69) is 10.6 Å². The molecular formula is C13H20N2O3S. The van der Waals surface area contributed by atoms with E-state index >= 15 is 0 Å². The lowest BCUT2D eigenvalue weighted by Gasteiger charge is -2.14. The fraction of sp³-hybridized carbons (Fsp3) is 0.538. The summed E-state index contributed by atoms with van der Waals surface area (Å²) in [5.74, 6) is -0.541. The second kappa shape index (κ2) is 7.25. The van der Waals surface area contributed by atoms with E-state index < -0.39 is 5.97 Å². The quantitative estimate of drug-likeness (QED) is 0.712. The van der Waals surface area contributed by atoms with Crippen LogP contribution in [0.3, 0.4) is 0 Å². The molecule has 19 heavy (non-hydrogen) atoms. The maximum Gasteiger partial charge on any atom is 0.336 e. The average Bonchev–Trinajstić information content (AvgIpc) is 2.81. The molecule has 0 aliphatic carbocycles. The first-order valence-electron chi connectivity index (χ1n) is 6.22. The second-order valence-corrected chi connectivity index (χ2v) is 5.84. The number of thiophene rings is 1. The Morgan fingerprint density at radius 1 is 1.37 bits per heavy atom. The first-order valence-corrected chi connectivity index (χ1v) is 7.10. The molecule has 0 aromatic carbocycles. The van der Waals surface area contributed by atoms with Crippen molar-refractivity contribution >= 4 is 23.2 Å². The zero-order valence-corrected chi connectivity index (χ0v) is 12.2. The monoisotopic (exact) mass is 284 g/mol. The Bertz CT molecular complexity index is 443. The molecular weight excluding hydrogens is 264 g/mol. The molecule has 0 aliphatic heterocycles. The summed E-state index contributed by atoms with van der Waals surface area (Å²) in [6.07, 6.45) is 0. The van der Waals surface area contributed by atoms with E-state index in [9.17, 15) is 9.59 Å². The molecule has 1 heterocycles. The number of carboxylic acids is 1. The lowest BCUT2D eigenvalue weighted by molar-refractivity contribution is -0.122. The Morgan fingerprint density at radius 3 is 2.58 bits per heavy atom. The predicted octanol–water partition coefficient (Wildman–Crippen LogP) is 1.70. The van der Waals surface area contributed by atoms with E-state index in [-0.39, 0.29) is 11.9 Å². The van der Waals surface area contributed by atoms with Crippen LogP contribution < -0.4 is 10.6 Å². The van der Waals surface area contributed by atoms with Gasteiger partial charge < -0.3 is 15.7 Å². The van der Waals surface area contributed by atoms with Gasteiger partial charge in [-0.15, -0.1) is 11.3 Å². The minimum absolute atomic E-state index is 0.0382. The van der Waals surface area contributed by atoms with Gasteiger partial charge in [0.15, 0.2) is 0 Å². The minimum atomic E-state index is -0.926. The molecule has 0 radical (unpaired) electrons. The Morgan fingerprint density at radius 2 is 2.05 bits per heavy atom. The molecule has 1 amide bonds. The van der Waals surface area contributed by atoms with Crippen molar-refractivity contribution in [2.24, 2.45) is 5.92 Å². The molecule has 0 fully saturated rings. The summed E-state index contributed by atoms with van der Waals surface area (Å²) in [5, 5.41) is 16.3. The largest absolute Gasteiger partial charge is 0.478 e. The van der Waals surface area contributed by atoms with Crippen molar-refractivity contribution in [1.82, 2.24) is 10.6 Å². The van der Waals surface area contributed by atoms with Crippen LogP contribution in [0.15, 0.2) is 11.4 Å². The summed E-state index contributed by atoms with van der Waals surface area (Å²) in [6.45, 7) is 7.03. The van der Waals surface area contributed by atoms with Crippen molar-refractivity contribution in [1.29, 1.82) is 0 Å². The number of hydrogen-bond acceptors (Lipinski definition) is 4. The molecule has 1 unspecified atom stereocenters. The Kier molecular flexibility index (Phi) is 5.98. The van der Waals surface area contributed by atoms with Gasteiger partial charge in [0, 0.05) is 23.3 Å². The van der Waals surface area contributed by atoms with Gasteiger partial charge >= 0.3 is 5.97 Å². The third-order valence-electron chi connectivity index (χ3n) is 2.56. The molecule has 5 nitrogen and oxygen atoms in total. The molecule has 106 valence electrons. The number of aromatic carboxylic acids is 1. The second-order valence-electron chi connectivity index (χ2n) is 4.85. The van der Waals surface area contributed by atoms with Crippen LogP contribution in [0.2, 0.25) is 0 Å². The molecule has 1 atom stereocenters. The first-order chi connectivity index (χ1) is 8.90. The van der Waals surface area contributed by atoms with Gasteiger partial charge in [-0.3, -0.25) is 4.79 Å². The highest BCUT2D eigenvalue weighted by Gasteiger charge is 2.13. The predicted molar refractivity (Wildman–Crippen MR) is 75.4 cm³/mol. The highest BCUT2D eigenvalue weighted by atomic mass is 32.1. The minimum Gasteiger partial charge on any atom is -0.478 e. The van der Waals surface area contributed by atoms with Gasteiger partial charge in [0.2, 0.25) is 5.91 Å². The van der Waals surface area contributed by atoms with Crippen LogP contribution >= 0.6 is 11.3 Å². The number of carboxylic acid groups (broad SMARTS) is 1. The van der Waals surface area contributed by atoms with Crippen LogP contribution in [0.25, 0.3) is 0 Å². The number of rotatable bonds is 7. The molecule has 1 aromatic heterocycles. The summed E-state index contributed by atoms with van der Waals surface area (Å²) in [7, 11) is 0. The number of carbonyl (C=O) groups excluding carboxylic acids is 1. The van der Waals surface area contributed by atoms with Crippen LogP contribution in [0.5, 0.6) is 0 Å². The molecule has 0 bridgehead atoms. The van der Waals surface area contributed by atoms with E-state index in [1.54, 1.807) is 18.4 Å². The van der Waals surface area contributed by atoms with Crippen LogP contribution in [0.1, 0.15) is 36.0 Å². The normalized spacial score (nSPS) is 12.4. The lowest BCUT2D eigenvalue weighted by Crippen LogP contribution is -2.42. The molecule has 0 aliphatic rings. The molecule has 0 saturated heterocycles. The first kappa shape index (κ1) is 15.7. The number of nitrogens with one attached hydrogen (secondary N) is 2. The van der Waals surface area contributed by atoms with E-state index in [4.69, 9.17) is 5.11 Å². The van der Waals surface area contributed by atoms with E-state index in [0.717, 1.165) is 4.88 Å². The van der Waals surface area contributed by atoms with Crippen LogP contribution in [-0.4, -0.2) is 29.6 Å². The summed E-state index contributed by atoms with van der Waals surface area (Å²) >= 11 is 1.37. The smallest absolute Gasteiger partial charge is 0.336 e. The van der Waals surface area contributed by atoms with Gasteiger partial charge in [-0.25, -0.2) is 4.79 Å².